The lowest BCUT2D eigenvalue weighted by molar-refractivity contribution is -0.136. The molecule has 0 bridgehead atoms. The molecule has 0 aliphatic heterocycles. The molecule has 18 heavy (non-hydrogen) atoms. The van der Waals surface area contributed by atoms with E-state index in [1.807, 2.05) is 18.5 Å². The van der Waals surface area contributed by atoms with E-state index in [0.29, 0.717) is 6.42 Å². The second-order valence-corrected chi connectivity index (χ2v) is 4.79. The standard InChI is InChI=1S/C11H14N4O2S/c1-7(8-4-12-13-5-8)14-11-15-9(6-18-11)2-3-10(16)17/h4-7H,2-3H2,1H3,(H,12,13)(H,14,15)(H,16,17). The minimum Gasteiger partial charge on any atom is -0.481 e. The first kappa shape index (κ1) is 12.6. The summed E-state index contributed by atoms with van der Waals surface area (Å²) in [6.07, 6.45) is 4.17. The van der Waals surface area contributed by atoms with Crippen molar-refractivity contribution in [1.29, 1.82) is 0 Å². The van der Waals surface area contributed by atoms with Crippen molar-refractivity contribution in [3.05, 3.63) is 29.0 Å². The molecular weight excluding hydrogens is 252 g/mol. The number of rotatable bonds is 6. The Hall–Kier alpha value is -1.89. The van der Waals surface area contributed by atoms with Crippen LogP contribution in [0.1, 0.15) is 30.6 Å². The maximum absolute atomic E-state index is 10.5. The van der Waals surface area contributed by atoms with Gasteiger partial charge < -0.3 is 10.4 Å². The van der Waals surface area contributed by atoms with Crippen LogP contribution in [0.4, 0.5) is 5.13 Å². The molecule has 2 heterocycles. The molecule has 6 nitrogen and oxygen atoms in total. The van der Waals surface area contributed by atoms with Crippen molar-refractivity contribution >= 4 is 22.4 Å². The second kappa shape index (κ2) is 5.63. The summed E-state index contributed by atoms with van der Waals surface area (Å²) >= 11 is 1.48. The molecule has 0 fully saturated rings. The maximum atomic E-state index is 10.5. The minimum absolute atomic E-state index is 0.112. The number of anilines is 1. The summed E-state index contributed by atoms with van der Waals surface area (Å²) in [7, 11) is 0. The van der Waals surface area contributed by atoms with Gasteiger partial charge >= 0.3 is 5.97 Å². The van der Waals surface area contributed by atoms with Crippen LogP contribution in [-0.2, 0) is 11.2 Å². The molecule has 0 saturated carbocycles. The Morgan fingerprint density at radius 3 is 3.17 bits per heavy atom. The molecule has 3 N–H and O–H groups in total. The van der Waals surface area contributed by atoms with Crippen LogP contribution in [0.25, 0.3) is 0 Å². The van der Waals surface area contributed by atoms with E-state index >= 15 is 0 Å². The number of carbonyl (C=O) groups is 1. The van der Waals surface area contributed by atoms with Gasteiger partial charge in [-0.25, -0.2) is 4.98 Å². The lowest BCUT2D eigenvalue weighted by Gasteiger charge is -2.09. The third kappa shape index (κ3) is 3.30. The molecular formula is C11H14N4O2S. The number of aryl methyl sites for hydroxylation is 1. The van der Waals surface area contributed by atoms with Gasteiger partial charge in [0.05, 0.1) is 24.4 Å². The number of carboxylic acid groups (broad SMARTS) is 1. The Labute approximate surface area is 108 Å². The molecule has 2 rings (SSSR count). The van der Waals surface area contributed by atoms with Gasteiger partial charge in [-0.05, 0) is 6.92 Å². The first-order chi connectivity index (χ1) is 8.65. The number of carboxylic acids is 1. The van der Waals surface area contributed by atoms with Crippen molar-refractivity contribution in [1.82, 2.24) is 15.2 Å². The summed E-state index contributed by atoms with van der Waals surface area (Å²) in [5, 5.41) is 21.2. The molecule has 0 amide bonds. The zero-order chi connectivity index (χ0) is 13.0. The zero-order valence-corrected chi connectivity index (χ0v) is 10.7. The van der Waals surface area contributed by atoms with Crippen molar-refractivity contribution in [3.8, 4) is 0 Å². The highest BCUT2D eigenvalue weighted by Gasteiger charge is 2.09. The highest BCUT2D eigenvalue weighted by molar-refractivity contribution is 7.13. The number of nitrogens with zero attached hydrogens (tertiary/aromatic N) is 2. The number of aliphatic carboxylic acids is 1. The van der Waals surface area contributed by atoms with E-state index in [1.54, 1.807) is 6.20 Å². The number of thiazole rings is 1. The normalized spacial score (nSPS) is 12.3. The first-order valence-electron chi connectivity index (χ1n) is 5.56. The number of aromatic nitrogens is 3. The summed E-state index contributed by atoms with van der Waals surface area (Å²) < 4.78 is 0. The smallest absolute Gasteiger partial charge is 0.303 e. The number of H-pyrrole nitrogens is 1. The molecule has 0 saturated heterocycles. The van der Waals surface area contributed by atoms with Crippen molar-refractivity contribution in [3.63, 3.8) is 0 Å². The average Bonchev–Trinajstić information content (AvgIpc) is 2.97. The number of hydrogen-bond donors (Lipinski definition) is 3. The van der Waals surface area contributed by atoms with E-state index in [2.05, 4.69) is 20.5 Å². The fourth-order valence-electron chi connectivity index (χ4n) is 1.49. The SMILES string of the molecule is CC(Nc1nc(CCC(=O)O)cs1)c1cn[nH]c1. The van der Waals surface area contributed by atoms with E-state index in [-0.39, 0.29) is 12.5 Å². The summed E-state index contributed by atoms with van der Waals surface area (Å²) in [5.41, 5.74) is 1.86. The number of nitrogens with one attached hydrogen (secondary N) is 2. The van der Waals surface area contributed by atoms with Crippen LogP contribution in [0.5, 0.6) is 0 Å². The molecule has 1 unspecified atom stereocenters. The lowest BCUT2D eigenvalue weighted by atomic mass is 10.2. The van der Waals surface area contributed by atoms with Crippen LogP contribution < -0.4 is 5.32 Å². The van der Waals surface area contributed by atoms with E-state index in [4.69, 9.17) is 5.11 Å². The van der Waals surface area contributed by atoms with Crippen LogP contribution in [0.2, 0.25) is 0 Å². The van der Waals surface area contributed by atoms with Crippen LogP contribution in [0.3, 0.4) is 0 Å². The summed E-state index contributed by atoms with van der Waals surface area (Å²) in [6.45, 7) is 2.02. The molecule has 7 heteroatoms. The quantitative estimate of drug-likeness (QED) is 0.744. The fourth-order valence-corrected chi connectivity index (χ4v) is 2.32. The highest BCUT2D eigenvalue weighted by atomic mass is 32.1. The van der Waals surface area contributed by atoms with Crippen LogP contribution in [-0.4, -0.2) is 26.3 Å². The highest BCUT2D eigenvalue weighted by Crippen LogP contribution is 2.22. The topological polar surface area (TPSA) is 90.9 Å². The van der Waals surface area contributed by atoms with Crippen molar-refractivity contribution in [2.75, 3.05) is 5.32 Å². The largest absolute Gasteiger partial charge is 0.481 e. The molecule has 2 aromatic rings. The predicted molar refractivity (Wildman–Crippen MR) is 68.7 cm³/mol. The van der Waals surface area contributed by atoms with Crippen molar-refractivity contribution < 1.29 is 9.90 Å². The fraction of sp³-hybridized carbons (Fsp3) is 0.364. The Morgan fingerprint density at radius 1 is 1.67 bits per heavy atom. The van der Waals surface area contributed by atoms with Crippen LogP contribution in [0, 0.1) is 0 Å². The molecule has 0 aliphatic rings. The minimum atomic E-state index is -0.802. The predicted octanol–water partition coefficient (Wildman–Crippen LogP) is 2.06. The maximum Gasteiger partial charge on any atom is 0.303 e. The molecule has 0 aromatic carbocycles. The van der Waals surface area contributed by atoms with Crippen LogP contribution in [0.15, 0.2) is 17.8 Å². The van der Waals surface area contributed by atoms with Gasteiger partial charge in [-0.2, -0.15) is 5.10 Å². The van der Waals surface area contributed by atoms with Gasteiger partial charge in [-0.15, -0.1) is 11.3 Å². The molecule has 0 aliphatic carbocycles. The Balaban J connectivity index is 1.92. The summed E-state index contributed by atoms with van der Waals surface area (Å²) in [4.78, 5) is 14.8. The van der Waals surface area contributed by atoms with Crippen LogP contribution >= 0.6 is 11.3 Å². The molecule has 96 valence electrons. The Morgan fingerprint density at radius 2 is 2.50 bits per heavy atom. The Bertz CT molecular complexity index is 509. The van der Waals surface area contributed by atoms with Crippen molar-refractivity contribution in [2.45, 2.75) is 25.8 Å². The van der Waals surface area contributed by atoms with Gasteiger partial charge in [-0.3, -0.25) is 9.89 Å². The van der Waals surface area contributed by atoms with Gasteiger partial charge in [0, 0.05) is 23.6 Å². The van der Waals surface area contributed by atoms with E-state index in [9.17, 15) is 4.79 Å². The average molecular weight is 266 g/mol. The summed E-state index contributed by atoms with van der Waals surface area (Å²) in [5.74, 6) is -0.802. The van der Waals surface area contributed by atoms with Gasteiger partial charge in [0.1, 0.15) is 0 Å². The third-order valence-electron chi connectivity index (χ3n) is 2.51. The van der Waals surface area contributed by atoms with Gasteiger partial charge in [0.2, 0.25) is 0 Å². The molecule has 0 radical (unpaired) electrons. The van der Waals surface area contributed by atoms with Gasteiger partial charge in [0.15, 0.2) is 5.13 Å². The van der Waals surface area contributed by atoms with Crippen molar-refractivity contribution in [2.24, 2.45) is 0 Å². The van der Waals surface area contributed by atoms with E-state index < -0.39 is 5.97 Å². The molecule has 1 atom stereocenters. The van der Waals surface area contributed by atoms with Gasteiger partial charge in [0.25, 0.3) is 0 Å². The lowest BCUT2D eigenvalue weighted by Crippen LogP contribution is -2.05. The number of hydrogen-bond acceptors (Lipinski definition) is 5. The Kier molecular flexibility index (Phi) is 3.93. The second-order valence-electron chi connectivity index (χ2n) is 3.94. The molecule has 0 spiro atoms. The summed E-state index contributed by atoms with van der Waals surface area (Å²) in [6, 6.07) is 0.113. The molecule has 2 aromatic heterocycles. The monoisotopic (exact) mass is 266 g/mol. The van der Waals surface area contributed by atoms with E-state index in [0.717, 1.165) is 16.4 Å². The zero-order valence-electron chi connectivity index (χ0n) is 9.88. The van der Waals surface area contributed by atoms with Gasteiger partial charge in [-0.1, -0.05) is 0 Å². The number of aromatic amines is 1. The third-order valence-corrected chi connectivity index (χ3v) is 3.33. The first-order valence-corrected chi connectivity index (χ1v) is 6.44. The van der Waals surface area contributed by atoms with E-state index in [1.165, 1.54) is 11.3 Å².